The Kier molecular flexibility index (Phi) is 4.42. The Morgan fingerprint density at radius 1 is 1.70 bits per heavy atom. The van der Waals surface area contributed by atoms with Crippen molar-refractivity contribution in [1.82, 2.24) is 0 Å². The van der Waals surface area contributed by atoms with Crippen molar-refractivity contribution in [3.63, 3.8) is 0 Å². The van der Waals surface area contributed by atoms with Gasteiger partial charge in [-0.3, -0.25) is 4.79 Å². The summed E-state index contributed by atoms with van der Waals surface area (Å²) in [6.07, 6.45) is -2.23. The molecule has 5 heteroatoms. The Hall–Kier alpha value is -0.260. The van der Waals surface area contributed by atoms with Gasteiger partial charge in [0.2, 0.25) is 0 Å². The predicted octanol–water partition coefficient (Wildman–Crippen LogP) is -0.494. The van der Waals surface area contributed by atoms with E-state index in [-0.39, 0.29) is 6.42 Å². The molecule has 0 aromatic rings. The summed E-state index contributed by atoms with van der Waals surface area (Å²) in [6.45, 7) is 1.39. The van der Waals surface area contributed by atoms with Crippen LogP contribution in [0.15, 0.2) is 0 Å². The molecule has 0 heterocycles. The summed E-state index contributed by atoms with van der Waals surface area (Å²) in [5.41, 5.74) is 0. The molecule has 0 aliphatic heterocycles. The van der Waals surface area contributed by atoms with Gasteiger partial charge in [0.15, 0.2) is 0 Å². The number of thiol groups is 1. The normalized spacial score (nSPS) is 16.0. The fraction of sp³-hybridized carbons (Fsp3) is 0.800. The van der Waals surface area contributed by atoms with Gasteiger partial charge in [0, 0.05) is 12.9 Å². The first kappa shape index (κ1) is 9.74. The summed E-state index contributed by atoms with van der Waals surface area (Å²) in [6, 6.07) is 0. The van der Waals surface area contributed by atoms with Gasteiger partial charge in [-0.2, -0.15) is 0 Å². The SMILES string of the molecule is CC(O)C(O)CC(=O)OS. The molecule has 2 N–H and O–H groups in total. The molecule has 0 saturated heterocycles. The van der Waals surface area contributed by atoms with Crippen molar-refractivity contribution in [3.8, 4) is 0 Å². The molecule has 2 atom stereocenters. The molecule has 0 bridgehead atoms. The lowest BCUT2D eigenvalue weighted by Crippen LogP contribution is -2.25. The van der Waals surface area contributed by atoms with E-state index in [0.717, 1.165) is 0 Å². The largest absolute Gasteiger partial charge is 0.395 e. The van der Waals surface area contributed by atoms with Gasteiger partial charge in [-0.05, 0) is 6.92 Å². The van der Waals surface area contributed by atoms with Gasteiger partial charge < -0.3 is 14.4 Å². The van der Waals surface area contributed by atoms with Crippen LogP contribution in [0.3, 0.4) is 0 Å². The lowest BCUT2D eigenvalue weighted by Gasteiger charge is -2.10. The smallest absolute Gasteiger partial charge is 0.320 e. The summed E-state index contributed by atoms with van der Waals surface area (Å²) < 4.78 is 3.96. The van der Waals surface area contributed by atoms with Crippen LogP contribution in [-0.2, 0) is 8.98 Å². The third kappa shape index (κ3) is 3.71. The van der Waals surface area contributed by atoms with E-state index in [9.17, 15) is 4.79 Å². The predicted molar refractivity (Wildman–Crippen MR) is 37.4 cm³/mol. The highest BCUT2D eigenvalue weighted by Gasteiger charge is 2.15. The molecule has 10 heavy (non-hydrogen) atoms. The first-order chi connectivity index (χ1) is 4.57. The van der Waals surface area contributed by atoms with Gasteiger partial charge in [-0.1, -0.05) is 0 Å². The van der Waals surface area contributed by atoms with E-state index in [0.29, 0.717) is 0 Å². The standard InChI is InChI=1S/C5H10O4S/c1-3(6)4(7)2-5(8)9-10/h3-4,6-7,10H,2H2,1H3. The topological polar surface area (TPSA) is 66.8 Å². The highest BCUT2D eigenvalue weighted by atomic mass is 32.1. The zero-order chi connectivity index (χ0) is 8.15. The van der Waals surface area contributed by atoms with Crippen molar-refractivity contribution in [3.05, 3.63) is 0 Å². The van der Waals surface area contributed by atoms with Crippen molar-refractivity contribution in [2.24, 2.45) is 0 Å². The van der Waals surface area contributed by atoms with Gasteiger partial charge in [0.05, 0.1) is 18.6 Å². The van der Waals surface area contributed by atoms with Crippen molar-refractivity contribution in [1.29, 1.82) is 0 Å². The number of carbonyl (C=O) groups is 1. The molecule has 0 fully saturated rings. The van der Waals surface area contributed by atoms with Crippen LogP contribution < -0.4 is 0 Å². The number of rotatable bonds is 3. The number of carbonyl (C=O) groups excluding carboxylic acids is 1. The van der Waals surface area contributed by atoms with Crippen molar-refractivity contribution in [2.75, 3.05) is 0 Å². The third-order valence-corrected chi connectivity index (χ3v) is 1.24. The average Bonchev–Trinajstić information content (AvgIpc) is 1.87. The maximum atomic E-state index is 10.4. The van der Waals surface area contributed by atoms with E-state index in [2.05, 4.69) is 17.1 Å². The highest BCUT2D eigenvalue weighted by molar-refractivity contribution is 7.75. The van der Waals surface area contributed by atoms with Crippen LogP contribution in [0.2, 0.25) is 0 Å². The molecule has 0 saturated carbocycles. The van der Waals surface area contributed by atoms with E-state index in [1.807, 2.05) is 0 Å². The number of aliphatic hydroxyl groups is 2. The first-order valence-corrected chi connectivity index (χ1v) is 3.14. The van der Waals surface area contributed by atoms with E-state index < -0.39 is 18.2 Å². The maximum Gasteiger partial charge on any atom is 0.320 e. The minimum absolute atomic E-state index is 0.235. The minimum Gasteiger partial charge on any atom is -0.395 e. The van der Waals surface area contributed by atoms with Crippen molar-refractivity contribution < 1.29 is 19.2 Å². The van der Waals surface area contributed by atoms with Crippen LogP contribution in [0, 0.1) is 0 Å². The molecule has 0 radical (unpaired) electrons. The van der Waals surface area contributed by atoms with Gasteiger partial charge in [-0.15, -0.1) is 0 Å². The van der Waals surface area contributed by atoms with Gasteiger partial charge in [-0.25, -0.2) is 0 Å². The van der Waals surface area contributed by atoms with Crippen molar-refractivity contribution in [2.45, 2.75) is 25.6 Å². The van der Waals surface area contributed by atoms with Crippen LogP contribution in [-0.4, -0.2) is 28.4 Å². The summed E-state index contributed by atoms with van der Waals surface area (Å²) >= 11 is 3.22. The molecule has 0 spiro atoms. The molecule has 4 nitrogen and oxygen atoms in total. The first-order valence-electron chi connectivity index (χ1n) is 2.78. The fourth-order valence-corrected chi connectivity index (χ4v) is 0.453. The van der Waals surface area contributed by atoms with Crippen LogP contribution in [0.5, 0.6) is 0 Å². The molecular weight excluding hydrogens is 156 g/mol. The highest BCUT2D eigenvalue weighted by Crippen LogP contribution is 2.00. The monoisotopic (exact) mass is 166 g/mol. The van der Waals surface area contributed by atoms with Crippen molar-refractivity contribution >= 4 is 18.9 Å². The zero-order valence-corrected chi connectivity index (χ0v) is 6.41. The molecular formula is C5H10O4S. The van der Waals surface area contributed by atoms with Crippen LogP contribution in [0.25, 0.3) is 0 Å². The Labute approximate surface area is 64.4 Å². The lowest BCUT2D eigenvalue weighted by atomic mass is 10.2. The van der Waals surface area contributed by atoms with Crippen LogP contribution in [0.1, 0.15) is 13.3 Å². The molecule has 0 aromatic carbocycles. The van der Waals surface area contributed by atoms with E-state index >= 15 is 0 Å². The van der Waals surface area contributed by atoms with Gasteiger partial charge in [0.1, 0.15) is 0 Å². The Balaban J connectivity index is 3.57. The zero-order valence-electron chi connectivity index (χ0n) is 5.52. The Morgan fingerprint density at radius 3 is 2.50 bits per heavy atom. The van der Waals surface area contributed by atoms with Crippen LogP contribution in [0.4, 0.5) is 0 Å². The summed E-state index contributed by atoms with van der Waals surface area (Å²) in [5, 5.41) is 17.5. The number of aliphatic hydroxyl groups excluding tert-OH is 2. The van der Waals surface area contributed by atoms with Crippen LogP contribution >= 0.6 is 12.9 Å². The molecule has 0 aliphatic carbocycles. The minimum atomic E-state index is -1.07. The van der Waals surface area contributed by atoms with E-state index in [4.69, 9.17) is 10.2 Å². The second kappa shape index (κ2) is 4.54. The maximum absolute atomic E-state index is 10.4. The average molecular weight is 166 g/mol. The van der Waals surface area contributed by atoms with Gasteiger partial charge >= 0.3 is 5.97 Å². The molecule has 0 aliphatic rings. The van der Waals surface area contributed by atoms with Gasteiger partial charge in [0.25, 0.3) is 0 Å². The van der Waals surface area contributed by atoms with E-state index in [1.54, 1.807) is 0 Å². The third-order valence-electron chi connectivity index (χ3n) is 1.03. The quantitative estimate of drug-likeness (QED) is 0.391. The summed E-state index contributed by atoms with van der Waals surface area (Å²) in [4.78, 5) is 10.4. The fourth-order valence-electron chi connectivity index (χ4n) is 0.379. The second-order valence-corrected chi connectivity index (χ2v) is 2.16. The molecule has 0 amide bonds. The lowest BCUT2D eigenvalue weighted by molar-refractivity contribution is -0.136. The second-order valence-electron chi connectivity index (χ2n) is 1.98. The van der Waals surface area contributed by atoms with E-state index in [1.165, 1.54) is 6.92 Å². The number of hydrogen-bond acceptors (Lipinski definition) is 5. The number of hydrogen-bond donors (Lipinski definition) is 3. The summed E-state index contributed by atoms with van der Waals surface area (Å²) in [7, 11) is 0. The molecule has 0 aromatic heterocycles. The Morgan fingerprint density at radius 2 is 2.20 bits per heavy atom. The molecule has 0 rings (SSSR count). The molecule has 60 valence electrons. The summed E-state index contributed by atoms with van der Waals surface area (Å²) in [5.74, 6) is -0.656. The Bertz CT molecular complexity index is 114. The molecule has 2 unspecified atom stereocenters.